The van der Waals surface area contributed by atoms with Crippen molar-refractivity contribution in [2.75, 3.05) is 13.3 Å². The molecule has 142 valence electrons. The third-order valence-electron chi connectivity index (χ3n) is 5.38. The standard InChI is InChI=1S/C24H23NO3/c1-2-5-17(6-3-1)15-26-20-8-4-7-18(11-20)12-22-21-14-24-23(27-16-28-24)13-19(21)9-10-25-22/h1-8,11,13-14,22,25H,9-10,12,15-16H2. The van der Waals surface area contributed by atoms with Crippen LogP contribution in [0.15, 0.2) is 66.7 Å². The van der Waals surface area contributed by atoms with Crippen molar-refractivity contribution in [1.29, 1.82) is 0 Å². The zero-order valence-corrected chi connectivity index (χ0v) is 15.7. The third-order valence-corrected chi connectivity index (χ3v) is 5.38. The molecule has 4 nitrogen and oxygen atoms in total. The molecule has 0 radical (unpaired) electrons. The van der Waals surface area contributed by atoms with Gasteiger partial charge in [0.1, 0.15) is 12.4 Å². The van der Waals surface area contributed by atoms with Crippen LogP contribution in [0, 0.1) is 0 Å². The smallest absolute Gasteiger partial charge is 0.231 e. The van der Waals surface area contributed by atoms with Crippen LogP contribution in [0.3, 0.4) is 0 Å². The molecular weight excluding hydrogens is 350 g/mol. The number of fused-ring (bicyclic) bond motifs is 2. The van der Waals surface area contributed by atoms with E-state index in [-0.39, 0.29) is 6.04 Å². The molecule has 1 atom stereocenters. The van der Waals surface area contributed by atoms with Crippen LogP contribution < -0.4 is 19.5 Å². The maximum absolute atomic E-state index is 5.99. The Kier molecular flexibility index (Phi) is 4.63. The Morgan fingerprint density at radius 3 is 2.61 bits per heavy atom. The Morgan fingerprint density at radius 1 is 0.893 bits per heavy atom. The zero-order valence-electron chi connectivity index (χ0n) is 15.7. The minimum atomic E-state index is 0.266. The molecule has 1 N–H and O–H groups in total. The summed E-state index contributed by atoms with van der Waals surface area (Å²) in [5.41, 5.74) is 5.09. The summed E-state index contributed by atoms with van der Waals surface area (Å²) in [5, 5.41) is 3.66. The van der Waals surface area contributed by atoms with E-state index in [4.69, 9.17) is 14.2 Å². The highest BCUT2D eigenvalue weighted by Crippen LogP contribution is 2.39. The van der Waals surface area contributed by atoms with Crippen LogP contribution in [0.25, 0.3) is 0 Å². The number of hydrogen-bond acceptors (Lipinski definition) is 4. The van der Waals surface area contributed by atoms with Crippen molar-refractivity contribution in [2.45, 2.75) is 25.5 Å². The molecule has 28 heavy (non-hydrogen) atoms. The first-order chi connectivity index (χ1) is 13.8. The van der Waals surface area contributed by atoms with Crippen molar-refractivity contribution in [3.8, 4) is 17.2 Å². The van der Waals surface area contributed by atoms with Crippen molar-refractivity contribution in [2.24, 2.45) is 0 Å². The topological polar surface area (TPSA) is 39.7 Å². The Balaban J connectivity index is 1.32. The molecule has 3 aromatic rings. The third kappa shape index (κ3) is 3.56. The van der Waals surface area contributed by atoms with Crippen LogP contribution in [0.4, 0.5) is 0 Å². The second-order valence-corrected chi connectivity index (χ2v) is 7.29. The van der Waals surface area contributed by atoms with E-state index in [1.54, 1.807) is 0 Å². The van der Waals surface area contributed by atoms with Gasteiger partial charge < -0.3 is 19.5 Å². The lowest BCUT2D eigenvalue weighted by Gasteiger charge is -2.27. The van der Waals surface area contributed by atoms with E-state index in [2.05, 4.69) is 47.8 Å². The molecule has 0 bridgehead atoms. The molecule has 0 spiro atoms. The quantitative estimate of drug-likeness (QED) is 0.718. The van der Waals surface area contributed by atoms with Gasteiger partial charge in [0.2, 0.25) is 6.79 Å². The summed E-state index contributed by atoms with van der Waals surface area (Å²) in [5.74, 6) is 2.63. The Morgan fingerprint density at radius 2 is 1.71 bits per heavy atom. The SMILES string of the molecule is c1ccc(COc2cccc(CC3NCCc4cc5c(cc43)OCO5)c2)cc1. The van der Waals surface area contributed by atoms with Crippen molar-refractivity contribution in [1.82, 2.24) is 5.32 Å². The largest absolute Gasteiger partial charge is 0.489 e. The highest BCUT2D eigenvalue weighted by molar-refractivity contribution is 5.51. The van der Waals surface area contributed by atoms with Crippen molar-refractivity contribution < 1.29 is 14.2 Å². The van der Waals surface area contributed by atoms with Gasteiger partial charge in [0.15, 0.2) is 11.5 Å². The maximum Gasteiger partial charge on any atom is 0.231 e. The number of ether oxygens (including phenoxy) is 3. The molecule has 0 saturated heterocycles. The lowest BCUT2D eigenvalue weighted by atomic mass is 9.90. The minimum Gasteiger partial charge on any atom is -0.489 e. The van der Waals surface area contributed by atoms with Gasteiger partial charge >= 0.3 is 0 Å². The lowest BCUT2D eigenvalue weighted by Crippen LogP contribution is -2.31. The number of hydrogen-bond donors (Lipinski definition) is 1. The monoisotopic (exact) mass is 373 g/mol. The normalized spacial score (nSPS) is 17.2. The number of rotatable bonds is 5. The van der Waals surface area contributed by atoms with Crippen LogP contribution in [-0.4, -0.2) is 13.3 Å². The molecule has 5 rings (SSSR count). The zero-order chi connectivity index (χ0) is 18.8. The van der Waals surface area contributed by atoms with E-state index >= 15 is 0 Å². The summed E-state index contributed by atoms with van der Waals surface area (Å²) < 4.78 is 17.1. The summed E-state index contributed by atoms with van der Waals surface area (Å²) in [6.45, 7) is 1.87. The van der Waals surface area contributed by atoms with Gasteiger partial charge in [-0.15, -0.1) is 0 Å². The fourth-order valence-corrected chi connectivity index (χ4v) is 3.95. The van der Waals surface area contributed by atoms with Crippen LogP contribution in [-0.2, 0) is 19.4 Å². The first-order valence-corrected chi connectivity index (χ1v) is 9.76. The summed E-state index contributed by atoms with van der Waals surface area (Å²) in [7, 11) is 0. The Bertz CT molecular complexity index is 971. The maximum atomic E-state index is 5.99. The minimum absolute atomic E-state index is 0.266. The van der Waals surface area contributed by atoms with Crippen LogP contribution in [0.2, 0.25) is 0 Å². The van der Waals surface area contributed by atoms with Crippen molar-refractivity contribution >= 4 is 0 Å². The van der Waals surface area contributed by atoms with E-state index in [0.717, 1.165) is 36.6 Å². The number of benzene rings is 3. The average Bonchev–Trinajstić information content (AvgIpc) is 3.20. The average molecular weight is 373 g/mol. The van der Waals surface area contributed by atoms with Gasteiger partial charge in [0.05, 0.1) is 0 Å². The van der Waals surface area contributed by atoms with E-state index < -0.39 is 0 Å². The Labute approximate surface area is 165 Å². The molecule has 0 aliphatic carbocycles. The van der Waals surface area contributed by atoms with E-state index in [1.807, 2.05) is 24.3 Å². The van der Waals surface area contributed by atoms with Gasteiger partial charge in [-0.3, -0.25) is 0 Å². The molecule has 4 heteroatoms. The van der Waals surface area contributed by atoms with Crippen molar-refractivity contribution in [3.05, 3.63) is 89.0 Å². The molecule has 0 saturated carbocycles. The molecule has 2 heterocycles. The molecule has 2 aliphatic heterocycles. The predicted octanol–water partition coefficient (Wildman–Crippen LogP) is 4.42. The van der Waals surface area contributed by atoms with Crippen LogP contribution in [0.1, 0.15) is 28.3 Å². The predicted molar refractivity (Wildman–Crippen MR) is 108 cm³/mol. The first-order valence-electron chi connectivity index (χ1n) is 9.76. The highest BCUT2D eigenvalue weighted by atomic mass is 16.7. The number of nitrogens with one attached hydrogen (secondary N) is 1. The van der Waals surface area contributed by atoms with Crippen molar-refractivity contribution in [3.63, 3.8) is 0 Å². The van der Waals surface area contributed by atoms with Gasteiger partial charge in [-0.1, -0.05) is 42.5 Å². The summed E-state index contributed by atoms with van der Waals surface area (Å²) in [6.07, 6.45) is 1.93. The molecule has 0 fully saturated rings. The van der Waals surface area contributed by atoms with E-state index in [1.165, 1.54) is 22.3 Å². The summed E-state index contributed by atoms with van der Waals surface area (Å²) >= 11 is 0. The first kappa shape index (κ1) is 17.1. The van der Waals surface area contributed by atoms with Gasteiger partial charge in [0.25, 0.3) is 0 Å². The molecule has 2 aliphatic rings. The second kappa shape index (κ2) is 7.56. The summed E-state index contributed by atoms with van der Waals surface area (Å²) in [6, 6.07) is 23.2. The van der Waals surface area contributed by atoms with Gasteiger partial charge in [-0.25, -0.2) is 0 Å². The molecule has 3 aromatic carbocycles. The van der Waals surface area contributed by atoms with E-state index in [9.17, 15) is 0 Å². The van der Waals surface area contributed by atoms with E-state index in [0.29, 0.717) is 13.4 Å². The molecule has 0 aromatic heterocycles. The van der Waals surface area contributed by atoms with Gasteiger partial charge in [-0.05, 0) is 65.9 Å². The van der Waals surface area contributed by atoms with Gasteiger partial charge in [0, 0.05) is 6.04 Å². The Hall–Kier alpha value is -2.98. The molecule has 1 unspecified atom stereocenters. The van der Waals surface area contributed by atoms with Crippen LogP contribution in [0.5, 0.6) is 17.2 Å². The molecular formula is C24H23NO3. The summed E-state index contributed by atoms with van der Waals surface area (Å²) in [4.78, 5) is 0. The molecule has 0 amide bonds. The van der Waals surface area contributed by atoms with Crippen LogP contribution >= 0.6 is 0 Å². The fraction of sp³-hybridized carbons (Fsp3) is 0.250. The van der Waals surface area contributed by atoms with Gasteiger partial charge in [-0.2, -0.15) is 0 Å². The second-order valence-electron chi connectivity index (χ2n) is 7.29. The lowest BCUT2D eigenvalue weighted by molar-refractivity contribution is 0.174. The fourth-order valence-electron chi connectivity index (χ4n) is 3.95. The highest BCUT2D eigenvalue weighted by Gasteiger charge is 2.25.